The number of halogens is 3. The zero-order chi connectivity index (χ0) is 28.8. The monoisotopic (exact) mass is 629 g/mol. The average molecular weight is 631 g/mol. The quantitative estimate of drug-likeness (QED) is 0.128. The second-order valence-electron chi connectivity index (χ2n) is 8.57. The van der Waals surface area contributed by atoms with Gasteiger partial charge in [0.05, 0.1) is 27.7 Å². The summed E-state index contributed by atoms with van der Waals surface area (Å²) in [6.45, 7) is 1.33. The van der Waals surface area contributed by atoms with E-state index in [0.717, 1.165) is 23.6 Å². The van der Waals surface area contributed by atoms with Gasteiger partial charge in [-0.2, -0.15) is 9.78 Å². The van der Waals surface area contributed by atoms with Crippen molar-refractivity contribution in [2.24, 2.45) is 5.10 Å². The number of benzene rings is 3. The molecule has 0 saturated carbocycles. The zero-order valence-corrected chi connectivity index (χ0v) is 23.4. The third-order valence-electron chi connectivity index (χ3n) is 5.70. The van der Waals surface area contributed by atoms with Gasteiger partial charge in [-0.1, -0.05) is 53.0 Å². The van der Waals surface area contributed by atoms with Gasteiger partial charge in [-0.05, 0) is 42.8 Å². The number of carbonyl (C=O) groups excluding carboxylic acids is 1. The number of aromatic nitrogens is 2. The molecule has 1 heterocycles. The van der Waals surface area contributed by atoms with Crippen molar-refractivity contribution in [1.82, 2.24) is 9.66 Å². The Labute approximate surface area is 240 Å². The molecule has 0 radical (unpaired) electrons. The molecule has 1 N–H and O–H groups in total. The third-order valence-corrected chi connectivity index (χ3v) is 6.41. The highest BCUT2D eigenvalue weighted by atomic mass is 79.9. The fourth-order valence-corrected chi connectivity index (χ4v) is 4.39. The van der Waals surface area contributed by atoms with Gasteiger partial charge in [-0.25, -0.2) is 9.37 Å². The first kappa shape index (κ1) is 28.8. The van der Waals surface area contributed by atoms with E-state index in [2.05, 4.69) is 31.3 Å². The van der Waals surface area contributed by atoms with Gasteiger partial charge in [0.1, 0.15) is 11.6 Å². The summed E-state index contributed by atoms with van der Waals surface area (Å²) in [5.74, 6) is -1.30. The standard InChI is InChI=1S/C27H22BrClFN5O5/c1-2-3-8-24-32-21-10-9-17(28)12-19(21)27(37)34(24)31-14-16-11-18(29)13-23(35(38)39)26(16)40-15-25(36)33-22-7-5-4-6-20(22)30/h4-7,9-14H,2-3,8,15H2,1H3,(H,33,36). The number of fused-ring (bicyclic) bond motifs is 1. The molecule has 13 heteroatoms. The van der Waals surface area contributed by atoms with E-state index >= 15 is 0 Å². The minimum absolute atomic E-state index is 0.00966. The van der Waals surface area contributed by atoms with Gasteiger partial charge in [-0.3, -0.25) is 19.7 Å². The third kappa shape index (κ3) is 6.69. The molecule has 1 amide bonds. The van der Waals surface area contributed by atoms with Crippen LogP contribution in [0.5, 0.6) is 5.75 Å². The molecule has 0 aliphatic carbocycles. The van der Waals surface area contributed by atoms with Crippen LogP contribution in [0.3, 0.4) is 0 Å². The number of rotatable bonds is 10. The van der Waals surface area contributed by atoms with Crippen molar-refractivity contribution in [3.8, 4) is 5.75 Å². The SMILES string of the molecule is CCCCc1nc2ccc(Br)cc2c(=O)n1N=Cc1cc(Cl)cc([N+](=O)[O-])c1OCC(=O)Nc1ccccc1F. The molecular formula is C27H22BrClFN5O5. The molecule has 0 unspecified atom stereocenters. The van der Waals surface area contributed by atoms with Crippen LogP contribution >= 0.6 is 27.5 Å². The van der Waals surface area contributed by atoms with Gasteiger partial charge in [0, 0.05) is 27.5 Å². The molecule has 4 aromatic rings. The lowest BCUT2D eigenvalue weighted by molar-refractivity contribution is -0.385. The Hall–Kier alpha value is -4.16. The van der Waals surface area contributed by atoms with E-state index in [9.17, 15) is 24.1 Å². The van der Waals surface area contributed by atoms with Gasteiger partial charge in [0.25, 0.3) is 11.5 Å². The molecule has 40 heavy (non-hydrogen) atoms. The Morgan fingerprint density at radius 3 is 2.77 bits per heavy atom. The van der Waals surface area contributed by atoms with Crippen molar-refractivity contribution >= 4 is 61.9 Å². The molecule has 3 aromatic carbocycles. The largest absolute Gasteiger partial charge is 0.476 e. The maximum Gasteiger partial charge on any atom is 0.313 e. The summed E-state index contributed by atoms with van der Waals surface area (Å²) in [6, 6.07) is 13.1. The van der Waals surface area contributed by atoms with Crippen LogP contribution in [0.4, 0.5) is 15.8 Å². The summed E-state index contributed by atoms with van der Waals surface area (Å²) in [4.78, 5) is 41.5. The van der Waals surface area contributed by atoms with Crippen LogP contribution in [0, 0.1) is 15.9 Å². The molecule has 4 rings (SSSR count). The first-order valence-corrected chi connectivity index (χ1v) is 13.3. The fraction of sp³-hybridized carbons (Fsp3) is 0.185. The van der Waals surface area contributed by atoms with Crippen LogP contribution in [0.15, 0.2) is 69.0 Å². The molecular weight excluding hydrogens is 609 g/mol. The summed E-state index contributed by atoms with van der Waals surface area (Å²) in [6.07, 6.45) is 3.25. The number of para-hydroxylation sites is 1. The lowest BCUT2D eigenvalue weighted by atomic mass is 10.2. The minimum Gasteiger partial charge on any atom is -0.476 e. The predicted octanol–water partition coefficient (Wildman–Crippen LogP) is 6.10. The lowest BCUT2D eigenvalue weighted by Crippen LogP contribution is -2.23. The number of amides is 1. The number of nitrogens with zero attached hydrogens (tertiary/aromatic N) is 4. The summed E-state index contributed by atoms with van der Waals surface area (Å²) in [5, 5.41) is 18.8. The predicted molar refractivity (Wildman–Crippen MR) is 154 cm³/mol. The van der Waals surface area contributed by atoms with Gasteiger partial charge >= 0.3 is 5.69 Å². The summed E-state index contributed by atoms with van der Waals surface area (Å²) in [5.41, 5.74) is -0.476. The van der Waals surface area contributed by atoms with Crippen LogP contribution in [0.1, 0.15) is 31.2 Å². The van der Waals surface area contributed by atoms with Crippen molar-refractivity contribution in [2.45, 2.75) is 26.2 Å². The van der Waals surface area contributed by atoms with E-state index in [1.807, 2.05) is 6.92 Å². The highest BCUT2D eigenvalue weighted by Gasteiger charge is 2.22. The number of hydrogen-bond donors (Lipinski definition) is 1. The van der Waals surface area contributed by atoms with Crippen molar-refractivity contribution in [3.63, 3.8) is 0 Å². The van der Waals surface area contributed by atoms with E-state index in [4.69, 9.17) is 16.3 Å². The highest BCUT2D eigenvalue weighted by Crippen LogP contribution is 2.34. The molecule has 0 aliphatic rings. The zero-order valence-electron chi connectivity index (χ0n) is 21.1. The smallest absolute Gasteiger partial charge is 0.313 e. The van der Waals surface area contributed by atoms with E-state index in [-0.39, 0.29) is 22.0 Å². The van der Waals surface area contributed by atoms with Gasteiger partial charge in [0.15, 0.2) is 6.61 Å². The molecule has 0 spiro atoms. The number of aryl methyl sites for hydroxylation is 1. The van der Waals surface area contributed by atoms with E-state index in [0.29, 0.717) is 27.6 Å². The molecule has 0 fully saturated rings. The van der Waals surface area contributed by atoms with Crippen LogP contribution in [-0.2, 0) is 11.2 Å². The summed E-state index contributed by atoms with van der Waals surface area (Å²) < 4.78 is 21.2. The van der Waals surface area contributed by atoms with Gasteiger partial charge in [-0.15, -0.1) is 0 Å². The Morgan fingerprint density at radius 1 is 1.27 bits per heavy atom. The van der Waals surface area contributed by atoms with E-state index in [1.54, 1.807) is 18.2 Å². The van der Waals surface area contributed by atoms with Crippen LogP contribution < -0.4 is 15.6 Å². The number of nitro groups is 1. The first-order valence-electron chi connectivity index (χ1n) is 12.1. The van der Waals surface area contributed by atoms with E-state index in [1.165, 1.54) is 36.5 Å². The van der Waals surface area contributed by atoms with Gasteiger partial charge in [0.2, 0.25) is 5.75 Å². The second kappa shape index (κ2) is 12.8. The maximum atomic E-state index is 13.9. The fourth-order valence-electron chi connectivity index (χ4n) is 3.81. The van der Waals surface area contributed by atoms with Gasteiger partial charge < -0.3 is 10.1 Å². The van der Waals surface area contributed by atoms with Crippen molar-refractivity contribution in [2.75, 3.05) is 11.9 Å². The molecule has 0 bridgehead atoms. The Morgan fingerprint density at radius 2 is 2.05 bits per heavy atom. The lowest BCUT2D eigenvalue weighted by Gasteiger charge is -2.12. The normalized spacial score (nSPS) is 11.2. The Balaban J connectivity index is 1.73. The number of nitrogens with one attached hydrogen (secondary N) is 1. The average Bonchev–Trinajstić information content (AvgIpc) is 2.92. The minimum atomic E-state index is -0.750. The molecule has 0 saturated heterocycles. The number of carbonyl (C=O) groups is 1. The number of nitro benzene ring substituents is 1. The van der Waals surface area contributed by atoms with Crippen molar-refractivity contribution in [3.05, 3.63) is 102 Å². The molecule has 0 atom stereocenters. The number of ether oxygens (including phenoxy) is 1. The van der Waals surface area contributed by atoms with Crippen LogP contribution in [-0.4, -0.2) is 33.3 Å². The topological polar surface area (TPSA) is 129 Å². The summed E-state index contributed by atoms with van der Waals surface area (Å²) >= 11 is 9.49. The van der Waals surface area contributed by atoms with Crippen LogP contribution in [0.25, 0.3) is 10.9 Å². The number of unbranched alkanes of at least 4 members (excludes halogenated alkanes) is 1. The first-order chi connectivity index (χ1) is 19.2. The van der Waals surface area contributed by atoms with Crippen molar-refractivity contribution in [1.29, 1.82) is 0 Å². The molecule has 1 aromatic heterocycles. The highest BCUT2D eigenvalue weighted by molar-refractivity contribution is 9.10. The molecule has 0 aliphatic heterocycles. The summed E-state index contributed by atoms with van der Waals surface area (Å²) in [7, 11) is 0. The number of anilines is 1. The molecule has 206 valence electrons. The Bertz CT molecular complexity index is 1690. The van der Waals surface area contributed by atoms with Crippen LogP contribution in [0.2, 0.25) is 5.02 Å². The van der Waals surface area contributed by atoms with E-state index < -0.39 is 34.5 Å². The van der Waals surface area contributed by atoms with Crippen molar-refractivity contribution < 1.29 is 18.8 Å². The molecule has 10 nitrogen and oxygen atoms in total. The Kier molecular flexibility index (Phi) is 9.22. The maximum absolute atomic E-state index is 13.9. The number of hydrogen-bond acceptors (Lipinski definition) is 7. The second-order valence-corrected chi connectivity index (χ2v) is 9.92.